The van der Waals surface area contributed by atoms with E-state index in [9.17, 15) is 21.6 Å². The number of nitrogens with zero attached hydrogens (tertiary/aromatic N) is 1. The van der Waals surface area contributed by atoms with Gasteiger partial charge in [-0.25, -0.2) is 21.6 Å². The number of rotatable bonds is 4. The van der Waals surface area contributed by atoms with E-state index in [2.05, 4.69) is 0 Å². The van der Waals surface area contributed by atoms with Gasteiger partial charge in [0.25, 0.3) is 0 Å². The van der Waals surface area contributed by atoms with Crippen LogP contribution in [0.4, 0.5) is 13.2 Å². The third-order valence-electron chi connectivity index (χ3n) is 3.72. The topological polar surface area (TPSA) is 55.8 Å². The Balaban J connectivity index is 1.79. The Morgan fingerprint density at radius 3 is 2.48 bits per heavy atom. The molecule has 0 radical (unpaired) electrons. The lowest BCUT2D eigenvalue weighted by molar-refractivity contribution is 0.0798. The average Bonchev–Trinajstić information content (AvgIpc) is 2.59. The second-order valence-corrected chi connectivity index (χ2v) is 7.47. The van der Waals surface area contributed by atoms with Crippen molar-refractivity contribution in [2.45, 2.75) is 11.0 Å². The van der Waals surface area contributed by atoms with Crippen molar-refractivity contribution in [2.24, 2.45) is 0 Å². The molecule has 2 aromatic carbocycles. The second-order valence-electron chi connectivity index (χ2n) is 5.46. The Hall–Kier alpha value is -2.26. The summed E-state index contributed by atoms with van der Waals surface area (Å²) in [5.41, 5.74) is 0. The highest BCUT2D eigenvalue weighted by Crippen LogP contribution is 2.31. The fourth-order valence-electron chi connectivity index (χ4n) is 2.41. The average molecular weight is 373 g/mol. The molecule has 3 rings (SSSR count). The molecule has 0 saturated heterocycles. The smallest absolute Gasteiger partial charge is 0.245 e. The van der Waals surface area contributed by atoms with Gasteiger partial charge in [-0.3, -0.25) is 0 Å². The normalized spacial score (nSPS) is 16.9. The van der Waals surface area contributed by atoms with Crippen LogP contribution in [0.5, 0.6) is 11.5 Å². The van der Waals surface area contributed by atoms with Crippen molar-refractivity contribution in [2.75, 3.05) is 20.2 Å². The first-order valence-corrected chi connectivity index (χ1v) is 8.73. The summed E-state index contributed by atoms with van der Waals surface area (Å²) in [5, 5.41) is 0. The lowest BCUT2D eigenvalue weighted by Gasteiger charge is -2.29. The van der Waals surface area contributed by atoms with Gasteiger partial charge in [0.2, 0.25) is 10.0 Å². The van der Waals surface area contributed by atoms with Gasteiger partial charge in [0, 0.05) is 7.05 Å². The molecular formula is C16H14F3NO4S. The highest BCUT2D eigenvalue weighted by Gasteiger charge is 2.31. The van der Waals surface area contributed by atoms with E-state index in [1.807, 2.05) is 0 Å². The van der Waals surface area contributed by atoms with E-state index in [1.54, 1.807) is 24.3 Å². The van der Waals surface area contributed by atoms with Gasteiger partial charge in [-0.05, 0) is 24.3 Å². The molecule has 0 aromatic heterocycles. The molecule has 0 bridgehead atoms. The van der Waals surface area contributed by atoms with Crippen LogP contribution in [-0.4, -0.2) is 39.0 Å². The van der Waals surface area contributed by atoms with E-state index in [0.29, 0.717) is 23.6 Å². The maximum absolute atomic E-state index is 13.8. The largest absolute Gasteiger partial charge is 0.486 e. The Kier molecular flexibility index (Phi) is 4.61. The molecule has 0 spiro atoms. The van der Waals surface area contributed by atoms with Gasteiger partial charge < -0.3 is 9.47 Å². The molecular weight excluding hydrogens is 359 g/mol. The van der Waals surface area contributed by atoms with Crippen LogP contribution < -0.4 is 9.47 Å². The quantitative estimate of drug-likeness (QED) is 0.773. The molecule has 0 aliphatic carbocycles. The summed E-state index contributed by atoms with van der Waals surface area (Å²) in [7, 11) is -3.18. The van der Waals surface area contributed by atoms with Gasteiger partial charge >= 0.3 is 0 Å². The van der Waals surface area contributed by atoms with Crippen LogP contribution in [0.15, 0.2) is 41.3 Å². The van der Waals surface area contributed by atoms with Crippen molar-refractivity contribution in [3.63, 3.8) is 0 Å². The number of likely N-dealkylation sites (N-methyl/N-ethyl adjacent to an activating group) is 1. The molecule has 1 aliphatic heterocycles. The van der Waals surface area contributed by atoms with Crippen molar-refractivity contribution in [1.29, 1.82) is 0 Å². The number of para-hydroxylation sites is 2. The molecule has 0 unspecified atom stereocenters. The molecule has 1 heterocycles. The Morgan fingerprint density at radius 1 is 1.08 bits per heavy atom. The fourth-order valence-corrected chi connectivity index (χ4v) is 3.67. The summed E-state index contributed by atoms with van der Waals surface area (Å²) in [4.78, 5) is -0.939. The first kappa shape index (κ1) is 17.6. The van der Waals surface area contributed by atoms with Crippen LogP contribution in [0.25, 0.3) is 0 Å². The van der Waals surface area contributed by atoms with E-state index in [0.717, 1.165) is 4.31 Å². The van der Waals surface area contributed by atoms with Crippen molar-refractivity contribution in [3.8, 4) is 11.5 Å². The van der Waals surface area contributed by atoms with Crippen molar-refractivity contribution < 1.29 is 31.1 Å². The summed E-state index contributed by atoms with van der Waals surface area (Å²) in [5.74, 6) is -4.04. The lowest BCUT2D eigenvalue weighted by Crippen LogP contribution is -2.42. The molecule has 5 nitrogen and oxygen atoms in total. The van der Waals surface area contributed by atoms with Crippen LogP contribution >= 0.6 is 0 Å². The van der Waals surface area contributed by atoms with Gasteiger partial charge in [-0.15, -0.1) is 0 Å². The molecule has 0 saturated carbocycles. The molecule has 134 valence electrons. The van der Waals surface area contributed by atoms with Crippen LogP contribution in [0.2, 0.25) is 0 Å². The van der Waals surface area contributed by atoms with E-state index >= 15 is 0 Å². The van der Waals surface area contributed by atoms with Gasteiger partial charge in [0.1, 0.15) is 17.6 Å². The van der Waals surface area contributed by atoms with E-state index in [4.69, 9.17) is 9.47 Å². The van der Waals surface area contributed by atoms with Gasteiger partial charge in [-0.2, -0.15) is 4.31 Å². The molecule has 1 aliphatic rings. The maximum atomic E-state index is 13.8. The van der Waals surface area contributed by atoms with Gasteiger partial charge in [-0.1, -0.05) is 12.1 Å². The summed E-state index contributed by atoms with van der Waals surface area (Å²) >= 11 is 0. The number of halogens is 3. The van der Waals surface area contributed by atoms with Crippen LogP contribution in [-0.2, 0) is 10.0 Å². The second kappa shape index (κ2) is 6.57. The summed E-state index contributed by atoms with van der Waals surface area (Å²) in [6.07, 6.45) is -0.636. The fraction of sp³-hybridized carbons (Fsp3) is 0.250. The number of benzene rings is 2. The highest BCUT2D eigenvalue weighted by molar-refractivity contribution is 7.89. The van der Waals surface area contributed by atoms with E-state index in [-0.39, 0.29) is 13.2 Å². The Bertz CT molecular complexity index is 904. The zero-order valence-electron chi connectivity index (χ0n) is 13.1. The van der Waals surface area contributed by atoms with Gasteiger partial charge in [0.05, 0.1) is 6.54 Å². The molecule has 9 heteroatoms. The molecule has 2 aromatic rings. The first-order chi connectivity index (χ1) is 11.8. The molecule has 0 fully saturated rings. The molecule has 0 N–H and O–H groups in total. The van der Waals surface area contributed by atoms with Crippen LogP contribution in [0.1, 0.15) is 0 Å². The number of sulfonamides is 1. The maximum Gasteiger partial charge on any atom is 0.245 e. The summed E-state index contributed by atoms with van der Waals surface area (Å²) < 4.78 is 77.0. The van der Waals surface area contributed by atoms with E-state index < -0.39 is 38.5 Å². The predicted octanol–water partition coefficient (Wildman–Crippen LogP) is 2.56. The predicted molar refractivity (Wildman–Crippen MR) is 82.5 cm³/mol. The lowest BCUT2D eigenvalue weighted by atomic mass is 10.2. The van der Waals surface area contributed by atoms with Crippen molar-refractivity contribution >= 4 is 10.0 Å². The number of ether oxygens (including phenoxy) is 2. The van der Waals surface area contributed by atoms with Crippen LogP contribution in [0.3, 0.4) is 0 Å². The molecule has 1 atom stereocenters. The standard InChI is InChI=1S/C16H14F3NO4S/c1-20(8-10-9-23-12-4-2-3-5-13(12)24-10)25(21,22)14-7-6-11(17)15(18)16(14)19/h2-7,10H,8-9H2,1H3/t10-/m1/s1. The monoisotopic (exact) mass is 373 g/mol. The Morgan fingerprint density at radius 2 is 1.76 bits per heavy atom. The minimum absolute atomic E-state index is 0.0944. The third-order valence-corrected chi connectivity index (χ3v) is 5.56. The Labute approximate surface area is 142 Å². The highest BCUT2D eigenvalue weighted by atomic mass is 32.2. The summed E-state index contributed by atoms with van der Waals surface area (Å²) in [6.45, 7) is -0.0633. The SMILES string of the molecule is CN(C[C@@H]1COc2ccccc2O1)S(=O)(=O)c1ccc(F)c(F)c1F. The third kappa shape index (κ3) is 3.29. The first-order valence-electron chi connectivity index (χ1n) is 7.29. The molecule has 25 heavy (non-hydrogen) atoms. The minimum Gasteiger partial charge on any atom is -0.486 e. The van der Waals surface area contributed by atoms with Crippen LogP contribution in [0, 0.1) is 17.5 Å². The van der Waals surface area contributed by atoms with Crippen molar-refractivity contribution in [1.82, 2.24) is 4.31 Å². The zero-order chi connectivity index (χ0) is 18.2. The summed E-state index contributed by atoms with van der Waals surface area (Å²) in [6, 6.07) is 8.14. The zero-order valence-corrected chi connectivity index (χ0v) is 13.9. The minimum atomic E-state index is -4.37. The number of hydrogen-bond acceptors (Lipinski definition) is 4. The van der Waals surface area contributed by atoms with Crippen molar-refractivity contribution in [3.05, 3.63) is 53.8 Å². The number of fused-ring (bicyclic) bond motifs is 1. The number of hydrogen-bond donors (Lipinski definition) is 0. The van der Waals surface area contributed by atoms with E-state index in [1.165, 1.54) is 7.05 Å². The molecule has 0 amide bonds. The van der Waals surface area contributed by atoms with Gasteiger partial charge in [0.15, 0.2) is 29.0 Å².